The molecule has 0 heterocycles. The highest BCUT2D eigenvalue weighted by Crippen LogP contribution is 2.12. The van der Waals surface area contributed by atoms with Crippen LogP contribution in [-0.4, -0.2) is 39.5 Å². The summed E-state index contributed by atoms with van der Waals surface area (Å²) in [6.07, 6.45) is 1.00. The van der Waals surface area contributed by atoms with Crippen molar-refractivity contribution in [2.24, 2.45) is 0 Å². The van der Waals surface area contributed by atoms with E-state index in [1.54, 1.807) is 13.8 Å². The van der Waals surface area contributed by atoms with Crippen molar-refractivity contribution < 1.29 is 22.7 Å². The predicted molar refractivity (Wildman–Crippen MR) is 115 cm³/mol. The highest BCUT2D eigenvalue weighted by atomic mass is 32.2. The van der Waals surface area contributed by atoms with E-state index in [1.807, 2.05) is 31.2 Å². The van der Waals surface area contributed by atoms with Crippen molar-refractivity contribution >= 4 is 21.9 Å². The Balaban J connectivity index is 1.72. The Bertz CT molecular complexity index is 952. The molecule has 0 atom stereocenters. The molecule has 0 spiro atoms. The zero-order chi connectivity index (χ0) is 22.1. The van der Waals surface area contributed by atoms with Gasteiger partial charge in [0.05, 0.1) is 17.0 Å². The molecule has 30 heavy (non-hydrogen) atoms. The summed E-state index contributed by atoms with van der Waals surface area (Å²) < 4.78 is 31.8. The summed E-state index contributed by atoms with van der Waals surface area (Å²) in [7, 11) is -3.61. The first kappa shape index (κ1) is 23.6. The Morgan fingerprint density at radius 3 is 2.23 bits per heavy atom. The molecule has 0 aliphatic heterocycles. The number of carbonyl (C=O) groups is 2. The zero-order valence-corrected chi connectivity index (χ0v) is 18.3. The van der Waals surface area contributed by atoms with Crippen LogP contribution in [0.15, 0.2) is 53.4 Å². The fraction of sp³-hybridized carbons (Fsp3) is 0.364. The van der Waals surface area contributed by atoms with Crippen LogP contribution in [0.25, 0.3) is 0 Å². The molecule has 0 bridgehead atoms. The first-order valence-corrected chi connectivity index (χ1v) is 11.3. The van der Waals surface area contributed by atoms with Crippen molar-refractivity contribution in [3.63, 3.8) is 0 Å². The Labute approximate surface area is 177 Å². The van der Waals surface area contributed by atoms with Gasteiger partial charge < -0.3 is 10.1 Å². The van der Waals surface area contributed by atoms with Crippen molar-refractivity contribution in [1.82, 2.24) is 10.0 Å². The minimum atomic E-state index is -3.61. The Morgan fingerprint density at radius 2 is 1.63 bits per heavy atom. The number of ether oxygens (including phenoxy) is 1. The smallest absolute Gasteiger partial charge is 0.338 e. The van der Waals surface area contributed by atoms with Gasteiger partial charge in [0.25, 0.3) is 0 Å². The molecule has 2 aromatic rings. The van der Waals surface area contributed by atoms with E-state index >= 15 is 0 Å². The molecule has 0 radical (unpaired) electrons. The number of sulfonamides is 1. The van der Waals surface area contributed by atoms with Gasteiger partial charge in [0.2, 0.25) is 15.9 Å². The molecular formula is C22H28N2O5S. The third kappa shape index (κ3) is 7.61. The van der Waals surface area contributed by atoms with Gasteiger partial charge in [-0.2, -0.15) is 0 Å². The standard InChI is InChI=1S/C22H28N2O5S/c1-16(2)24-30(27,28)20-11-9-19(10-12-20)22(26)29-15-14-23-21(25)13-8-18-6-4-17(3)5-7-18/h4-7,9-12,16,24H,8,13-15H2,1-3H3,(H,23,25). The highest BCUT2D eigenvalue weighted by Gasteiger charge is 2.16. The van der Waals surface area contributed by atoms with E-state index < -0.39 is 16.0 Å². The minimum absolute atomic E-state index is 0.0318. The normalized spacial score (nSPS) is 11.3. The summed E-state index contributed by atoms with van der Waals surface area (Å²) >= 11 is 0. The molecule has 2 aromatic carbocycles. The van der Waals surface area contributed by atoms with Gasteiger partial charge in [-0.05, 0) is 57.0 Å². The molecule has 162 valence electrons. The molecule has 0 aliphatic rings. The second-order valence-corrected chi connectivity index (χ2v) is 8.99. The molecule has 0 aromatic heterocycles. The third-order valence-electron chi connectivity index (χ3n) is 4.21. The van der Waals surface area contributed by atoms with E-state index in [1.165, 1.54) is 29.8 Å². The van der Waals surface area contributed by atoms with Crippen molar-refractivity contribution in [2.75, 3.05) is 13.2 Å². The van der Waals surface area contributed by atoms with Gasteiger partial charge in [-0.25, -0.2) is 17.9 Å². The molecule has 0 unspecified atom stereocenters. The average Bonchev–Trinajstić information content (AvgIpc) is 2.70. The number of hydrogen-bond donors (Lipinski definition) is 2. The first-order chi connectivity index (χ1) is 14.2. The van der Waals surface area contributed by atoms with E-state index in [-0.39, 0.29) is 35.6 Å². The fourth-order valence-electron chi connectivity index (χ4n) is 2.67. The number of carbonyl (C=O) groups excluding carboxylic acids is 2. The Hall–Kier alpha value is -2.71. The van der Waals surface area contributed by atoms with E-state index in [9.17, 15) is 18.0 Å². The SMILES string of the molecule is Cc1ccc(CCC(=O)NCCOC(=O)c2ccc(S(=O)(=O)NC(C)C)cc2)cc1. The van der Waals surface area contributed by atoms with Crippen LogP contribution in [0.4, 0.5) is 0 Å². The van der Waals surface area contributed by atoms with Crippen molar-refractivity contribution in [1.29, 1.82) is 0 Å². The van der Waals surface area contributed by atoms with Crippen molar-refractivity contribution in [2.45, 2.75) is 44.6 Å². The van der Waals surface area contributed by atoms with Gasteiger partial charge in [-0.1, -0.05) is 29.8 Å². The molecule has 1 amide bonds. The van der Waals surface area contributed by atoms with Crippen molar-refractivity contribution in [3.8, 4) is 0 Å². The lowest BCUT2D eigenvalue weighted by molar-refractivity contribution is -0.121. The lowest BCUT2D eigenvalue weighted by Crippen LogP contribution is -2.30. The van der Waals surface area contributed by atoms with E-state index in [0.717, 1.165) is 5.56 Å². The van der Waals surface area contributed by atoms with Crippen LogP contribution in [0, 0.1) is 6.92 Å². The molecule has 0 saturated carbocycles. The van der Waals surface area contributed by atoms with Gasteiger partial charge in [0.15, 0.2) is 0 Å². The van der Waals surface area contributed by atoms with Crippen LogP contribution in [0.3, 0.4) is 0 Å². The van der Waals surface area contributed by atoms with Crippen LogP contribution < -0.4 is 10.0 Å². The third-order valence-corrected chi connectivity index (χ3v) is 5.88. The maximum atomic E-state index is 12.1. The zero-order valence-electron chi connectivity index (χ0n) is 17.5. The number of amides is 1. The van der Waals surface area contributed by atoms with E-state index in [0.29, 0.717) is 12.8 Å². The lowest BCUT2D eigenvalue weighted by atomic mass is 10.1. The molecule has 8 heteroatoms. The number of rotatable bonds is 10. The van der Waals surface area contributed by atoms with E-state index in [4.69, 9.17) is 4.74 Å². The number of aryl methyl sites for hydroxylation is 2. The maximum absolute atomic E-state index is 12.1. The first-order valence-electron chi connectivity index (χ1n) is 9.79. The quantitative estimate of drug-likeness (QED) is 0.444. The second-order valence-electron chi connectivity index (χ2n) is 7.27. The van der Waals surface area contributed by atoms with Crippen LogP contribution in [0.5, 0.6) is 0 Å². The monoisotopic (exact) mass is 432 g/mol. The summed E-state index contributed by atoms with van der Waals surface area (Å²) in [6.45, 7) is 5.71. The van der Waals surface area contributed by atoms with Crippen LogP contribution >= 0.6 is 0 Å². The minimum Gasteiger partial charge on any atom is -0.460 e. The fourth-order valence-corrected chi connectivity index (χ4v) is 3.92. The van der Waals surface area contributed by atoms with Crippen LogP contribution in [0.1, 0.15) is 41.8 Å². The van der Waals surface area contributed by atoms with Gasteiger partial charge in [-0.3, -0.25) is 4.79 Å². The number of hydrogen-bond acceptors (Lipinski definition) is 5. The Kier molecular flexibility index (Phi) is 8.56. The molecule has 2 rings (SSSR count). The van der Waals surface area contributed by atoms with Crippen LogP contribution in [0.2, 0.25) is 0 Å². The largest absolute Gasteiger partial charge is 0.460 e. The summed E-state index contributed by atoms with van der Waals surface area (Å²) in [5, 5.41) is 2.71. The van der Waals surface area contributed by atoms with E-state index in [2.05, 4.69) is 10.0 Å². The average molecular weight is 433 g/mol. The summed E-state index contributed by atoms with van der Waals surface area (Å²) in [6, 6.07) is 13.3. The number of nitrogens with one attached hydrogen (secondary N) is 2. The topological polar surface area (TPSA) is 102 Å². The molecule has 0 saturated heterocycles. The summed E-state index contributed by atoms with van der Waals surface area (Å²) in [5.74, 6) is -0.691. The van der Waals surface area contributed by atoms with Gasteiger partial charge in [0.1, 0.15) is 6.61 Å². The number of benzene rings is 2. The molecule has 0 fully saturated rings. The maximum Gasteiger partial charge on any atom is 0.338 e. The van der Waals surface area contributed by atoms with Crippen molar-refractivity contribution in [3.05, 3.63) is 65.2 Å². The second kappa shape index (κ2) is 10.9. The molecule has 0 aliphatic carbocycles. The summed E-state index contributed by atoms with van der Waals surface area (Å²) in [5.41, 5.74) is 2.51. The van der Waals surface area contributed by atoms with Gasteiger partial charge in [0, 0.05) is 12.5 Å². The Morgan fingerprint density at radius 1 is 1.00 bits per heavy atom. The lowest BCUT2D eigenvalue weighted by Gasteiger charge is -2.10. The molecule has 2 N–H and O–H groups in total. The number of esters is 1. The van der Waals surface area contributed by atoms with Gasteiger partial charge in [-0.15, -0.1) is 0 Å². The molecular weight excluding hydrogens is 404 g/mol. The van der Waals surface area contributed by atoms with Gasteiger partial charge >= 0.3 is 5.97 Å². The molecule has 7 nitrogen and oxygen atoms in total. The van der Waals surface area contributed by atoms with Crippen LogP contribution in [-0.2, 0) is 26.0 Å². The highest BCUT2D eigenvalue weighted by molar-refractivity contribution is 7.89. The predicted octanol–water partition coefficient (Wildman–Crippen LogP) is 2.59. The summed E-state index contributed by atoms with van der Waals surface area (Å²) in [4.78, 5) is 24.0.